The van der Waals surface area contributed by atoms with Crippen LogP contribution in [0, 0.1) is 6.92 Å². The minimum absolute atomic E-state index is 0.476. The first-order chi connectivity index (χ1) is 7.20. The van der Waals surface area contributed by atoms with Gasteiger partial charge in [-0.05, 0) is 49.9 Å². The number of hydrogen-bond donors (Lipinski definition) is 0. The molecule has 0 radical (unpaired) electrons. The Kier molecular flexibility index (Phi) is 2.96. The summed E-state index contributed by atoms with van der Waals surface area (Å²) in [5, 5.41) is 0. The van der Waals surface area contributed by atoms with E-state index in [0.29, 0.717) is 12.2 Å². The zero-order valence-electron chi connectivity index (χ0n) is 9.62. The smallest absolute Gasteiger partial charge is 0.119 e. The predicted octanol–water partition coefficient (Wildman–Crippen LogP) is 2.72. The standard InChI is InChI=1S/C13H18O2/c1-9-8-12(14-3)6-4-11(9)5-7-13-10(2)15-13/h4,6,8,10,13H,5,7H2,1-3H3. The van der Waals surface area contributed by atoms with Crippen molar-refractivity contribution in [2.45, 2.75) is 38.9 Å². The van der Waals surface area contributed by atoms with E-state index in [1.165, 1.54) is 11.1 Å². The fourth-order valence-electron chi connectivity index (χ4n) is 1.91. The lowest BCUT2D eigenvalue weighted by Gasteiger charge is -2.07. The van der Waals surface area contributed by atoms with Gasteiger partial charge in [-0.1, -0.05) is 6.07 Å². The minimum atomic E-state index is 0.476. The topological polar surface area (TPSA) is 21.8 Å². The Morgan fingerprint density at radius 3 is 2.67 bits per heavy atom. The maximum Gasteiger partial charge on any atom is 0.119 e. The number of aryl methyl sites for hydroxylation is 2. The van der Waals surface area contributed by atoms with Gasteiger partial charge in [-0.2, -0.15) is 0 Å². The van der Waals surface area contributed by atoms with Crippen molar-refractivity contribution in [2.75, 3.05) is 7.11 Å². The van der Waals surface area contributed by atoms with Gasteiger partial charge in [0, 0.05) is 0 Å². The van der Waals surface area contributed by atoms with Crippen molar-refractivity contribution in [1.29, 1.82) is 0 Å². The van der Waals surface area contributed by atoms with Gasteiger partial charge in [-0.15, -0.1) is 0 Å². The van der Waals surface area contributed by atoms with Crippen molar-refractivity contribution in [3.8, 4) is 5.75 Å². The van der Waals surface area contributed by atoms with Gasteiger partial charge in [-0.3, -0.25) is 0 Å². The second-order valence-electron chi connectivity index (χ2n) is 4.21. The molecule has 1 heterocycles. The van der Waals surface area contributed by atoms with Crippen molar-refractivity contribution in [3.05, 3.63) is 29.3 Å². The van der Waals surface area contributed by atoms with E-state index < -0.39 is 0 Å². The lowest BCUT2D eigenvalue weighted by atomic mass is 10.0. The molecule has 1 aromatic rings. The summed E-state index contributed by atoms with van der Waals surface area (Å²) in [6.07, 6.45) is 3.20. The molecular formula is C13H18O2. The molecule has 0 bridgehead atoms. The van der Waals surface area contributed by atoms with Crippen LogP contribution in [0.2, 0.25) is 0 Å². The Balaban J connectivity index is 1.95. The molecular weight excluding hydrogens is 188 g/mol. The van der Waals surface area contributed by atoms with Gasteiger partial charge in [-0.25, -0.2) is 0 Å². The number of ether oxygens (including phenoxy) is 2. The Morgan fingerprint density at radius 1 is 1.40 bits per heavy atom. The highest BCUT2D eigenvalue weighted by Gasteiger charge is 2.33. The van der Waals surface area contributed by atoms with Crippen LogP contribution < -0.4 is 4.74 Å². The zero-order valence-corrected chi connectivity index (χ0v) is 9.62. The van der Waals surface area contributed by atoms with Crippen molar-refractivity contribution in [2.24, 2.45) is 0 Å². The summed E-state index contributed by atoms with van der Waals surface area (Å²) in [5.74, 6) is 0.937. The molecule has 82 valence electrons. The largest absolute Gasteiger partial charge is 0.497 e. The molecule has 1 aliphatic rings. The van der Waals surface area contributed by atoms with Crippen molar-refractivity contribution < 1.29 is 9.47 Å². The van der Waals surface area contributed by atoms with E-state index >= 15 is 0 Å². The minimum Gasteiger partial charge on any atom is -0.497 e. The van der Waals surface area contributed by atoms with Crippen LogP contribution in [0.4, 0.5) is 0 Å². The van der Waals surface area contributed by atoms with Crippen LogP contribution in [-0.2, 0) is 11.2 Å². The molecule has 0 aromatic heterocycles. The molecule has 2 rings (SSSR count). The second-order valence-corrected chi connectivity index (χ2v) is 4.21. The van der Waals surface area contributed by atoms with E-state index in [0.717, 1.165) is 18.6 Å². The molecule has 0 N–H and O–H groups in total. The van der Waals surface area contributed by atoms with E-state index in [-0.39, 0.29) is 0 Å². The van der Waals surface area contributed by atoms with Gasteiger partial charge in [0.05, 0.1) is 19.3 Å². The van der Waals surface area contributed by atoms with E-state index in [1.807, 2.05) is 6.07 Å². The molecule has 15 heavy (non-hydrogen) atoms. The summed E-state index contributed by atoms with van der Waals surface area (Å²) in [5.41, 5.74) is 2.71. The number of rotatable bonds is 4. The van der Waals surface area contributed by atoms with Crippen LogP contribution in [-0.4, -0.2) is 19.3 Å². The Labute approximate surface area is 91.2 Å². The summed E-state index contributed by atoms with van der Waals surface area (Å²) in [6.45, 7) is 4.26. The maximum atomic E-state index is 5.40. The van der Waals surface area contributed by atoms with Gasteiger partial charge in [0.2, 0.25) is 0 Å². The highest BCUT2D eigenvalue weighted by Crippen LogP contribution is 2.27. The Morgan fingerprint density at radius 2 is 2.13 bits per heavy atom. The Hall–Kier alpha value is -1.02. The quantitative estimate of drug-likeness (QED) is 0.706. The third-order valence-electron chi connectivity index (χ3n) is 3.08. The summed E-state index contributed by atoms with van der Waals surface area (Å²) >= 11 is 0. The molecule has 1 saturated heterocycles. The maximum absolute atomic E-state index is 5.40. The van der Waals surface area contributed by atoms with Crippen LogP contribution in [0.15, 0.2) is 18.2 Å². The molecule has 2 unspecified atom stereocenters. The normalized spacial score (nSPS) is 23.9. The highest BCUT2D eigenvalue weighted by molar-refractivity contribution is 5.34. The van der Waals surface area contributed by atoms with Crippen LogP contribution in [0.1, 0.15) is 24.5 Å². The molecule has 2 atom stereocenters. The van der Waals surface area contributed by atoms with E-state index in [1.54, 1.807) is 7.11 Å². The van der Waals surface area contributed by atoms with Crippen LogP contribution >= 0.6 is 0 Å². The van der Waals surface area contributed by atoms with E-state index in [4.69, 9.17) is 9.47 Å². The average molecular weight is 206 g/mol. The van der Waals surface area contributed by atoms with Gasteiger partial charge in [0.1, 0.15) is 5.75 Å². The zero-order chi connectivity index (χ0) is 10.8. The van der Waals surface area contributed by atoms with Crippen LogP contribution in [0.3, 0.4) is 0 Å². The molecule has 0 amide bonds. The average Bonchev–Trinajstić information content (AvgIpc) is 2.93. The first-order valence-electron chi connectivity index (χ1n) is 5.49. The Bertz CT molecular complexity index is 346. The lowest BCUT2D eigenvalue weighted by Crippen LogP contribution is -1.96. The summed E-state index contributed by atoms with van der Waals surface area (Å²) in [7, 11) is 1.70. The van der Waals surface area contributed by atoms with Crippen LogP contribution in [0.25, 0.3) is 0 Å². The first-order valence-corrected chi connectivity index (χ1v) is 5.49. The SMILES string of the molecule is COc1ccc(CCC2OC2C)c(C)c1. The van der Waals surface area contributed by atoms with Gasteiger partial charge in [0.15, 0.2) is 0 Å². The molecule has 2 nitrogen and oxygen atoms in total. The van der Waals surface area contributed by atoms with E-state index in [2.05, 4.69) is 26.0 Å². The predicted molar refractivity (Wildman–Crippen MR) is 60.4 cm³/mol. The fourth-order valence-corrected chi connectivity index (χ4v) is 1.91. The number of methoxy groups -OCH3 is 1. The molecule has 1 aromatic carbocycles. The number of benzene rings is 1. The van der Waals surface area contributed by atoms with Gasteiger partial charge >= 0.3 is 0 Å². The third-order valence-corrected chi connectivity index (χ3v) is 3.08. The third kappa shape index (κ3) is 2.51. The van der Waals surface area contributed by atoms with Crippen molar-refractivity contribution >= 4 is 0 Å². The highest BCUT2D eigenvalue weighted by atomic mass is 16.6. The molecule has 0 spiro atoms. The fraction of sp³-hybridized carbons (Fsp3) is 0.538. The van der Waals surface area contributed by atoms with Crippen molar-refractivity contribution in [1.82, 2.24) is 0 Å². The molecule has 1 fully saturated rings. The van der Waals surface area contributed by atoms with Crippen molar-refractivity contribution in [3.63, 3.8) is 0 Å². The van der Waals surface area contributed by atoms with Crippen LogP contribution in [0.5, 0.6) is 5.75 Å². The first kappa shape index (κ1) is 10.5. The summed E-state index contributed by atoms with van der Waals surface area (Å²) in [6, 6.07) is 6.27. The van der Waals surface area contributed by atoms with Gasteiger partial charge in [0.25, 0.3) is 0 Å². The van der Waals surface area contributed by atoms with Gasteiger partial charge < -0.3 is 9.47 Å². The molecule has 1 aliphatic heterocycles. The molecule has 0 saturated carbocycles. The molecule has 2 heteroatoms. The van der Waals surface area contributed by atoms with E-state index in [9.17, 15) is 0 Å². The molecule has 0 aliphatic carbocycles. The number of epoxide rings is 1. The second kappa shape index (κ2) is 4.23. The summed E-state index contributed by atoms with van der Waals surface area (Å²) in [4.78, 5) is 0. The monoisotopic (exact) mass is 206 g/mol. The number of hydrogen-bond acceptors (Lipinski definition) is 2. The lowest BCUT2D eigenvalue weighted by molar-refractivity contribution is 0.370. The summed E-state index contributed by atoms with van der Waals surface area (Å²) < 4.78 is 10.6.